The van der Waals surface area contributed by atoms with Gasteiger partial charge in [-0.15, -0.1) is 13.2 Å². The Labute approximate surface area is 322 Å². The largest absolute Gasteiger partial charge is 0.453 e. The fourth-order valence-electron chi connectivity index (χ4n) is 6.37. The summed E-state index contributed by atoms with van der Waals surface area (Å²) >= 11 is 0. The third-order valence-electron chi connectivity index (χ3n) is 10.2. The highest BCUT2D eigenvalue weighted by Gasteiger charge is 2.52. The van der Waals surface area contributed by atoms with Gasteiger partial charge in [-0.05, 0) is 67.2 Å². The zero-order valence-corrected chi connectivity index (χ0v) is 32.4. The van der Waals surface area contributed by atoms with E-state index in [0.29, 0.717) is 12.8 Å². The van der Waals surface area contributed by atoms with Crippen molar-refractivity contribution < 1.29 is 83.9 Å². The molecule has 3 rings (SSSR count). The molecule has 3 aliphatic rings. The van der Waals surface area contributed by atoms with Gasteiger partial charge < -0.3 is 79.1 Å². The third kappa shape index (κ3) is 11.9. The van der Waals surface area contributed by atoms with Crippen molar-refractivity contribution in [3.63, 3.8) is 0 Å². The van der Waals surface area contributed by atoms with Gasteiger partial charge in [-0.3, -0.25) is 0 Å². The molecule has 17 nitrogen and oxygen atoms in total. The van der Waals surface area contributed by atoms with Crippen molar-refractivity contribution >= 4 is 5.97 Å². The summed E-state index contributed by atoms with van der Waals surface area (Å²) in [4.78, 5) is 13.1. The van der Waals surface area contributed by atoms with Crippen molar-refractivity contribution in [3.05, 3.63) is 48.6 Å². The maximum absolute atomic E-state index is 13.1. The summed E-state index contributed by atoms with van der Waals surface area (Å²) < 4.78 is 40.6. The Bertz CT molecular complexity index is 1320. The van der Waals surface area contributed by atoms with Crippen LogP contribution in [0.4, 0.5) is 0 Å². The van der Waals surface area contributed by atoms with E-state index in [1.807, 2.05) is 19.9 Å². The quantitative estimate of drug-likeness (QED) is 0.0476. The van der Waals surface area contributed by atoms with Crippen LogP contribution in [-0.2, 0) is 38.0 Å². The fourth-order valence-corrected chi connectivity index (χ4v) is 6.37. The van der Waals surface area contributed by atoms with E-state index in [0.717, 1.165) is 5.57 Å². The maximum Gasteiger partial charge on any atom is 0.333 e. The molecule has 0 radical (unpaired) electrons. The molecule has 0 spiro atoms. The number of hydrogen-bond donors (Lipinski definition) is 9. The summed E-state index contributed by atoms with van der Waals surface area (Å²) in [6.07, 6.45) is -14.2. The van der Waals surface area contributed by atoms with Crippen molar-refractivity contribution in [2.24, 2.45) is 0 Å². The van der Waals surface area contributed by atoms with Gasteiger partial charge in [0.05, 0.1) is 30.5 Å². The van der Waals surface area contributed by atoms with Crippen molar-refractivity contribution in [3.8, 4) is 0 Å². The van der Waals surface area contributed by atoms with Gasteiger partial charge in [-0.2, -0.15) is 0 Å². The van der Waals surface area contributed by atoms with Crippen LogP contribution in [0.15, 0.2) is 48.6 Å². The highest BCUT2D eigenvalue weighted by molar-refractivity contribution is 5.87. The minimum Gasteiger partial charge on any atom is -0.453 e. The number of carbonyl (C=O) groups excluding carboxylic acids is 1. The van der Waals surface area contributed by atoms with Crippen molar-refractivity contribution in [2.45, 2.75) is 171 Å². The standard InChI is InChI=1S/C38H62O17/c1-9-37(7,54-35-29(46)26(43)24(41)22(17-39)50-35)16-12-14-20(5)33(48)52-31-21(6)49-34(30(47)28(31)45)53-32-27(44)25(42)23(18-40)51-36(32)55-38(8,10-2)15-11-13-19(3)4/h9-10,13-14,21-32,34-36,39-47H,1-2,11-12,15-18H2,3-8H3/b20-14+/t21-,22+,23+,24+,25+,26-,27-,28-,29+,30+,31-,32+,34-,35-,36-,37-,38-/m0/s1. The Morgan fingerprint density at radius 3 is 1.65 bits per heavy atom. The molecule has 17 heteroatoms. The molecule has 3 heterocycles. The van der Waals surface area contributed by atoms with Crippen LogP contribution in [0.2, 0.25) is 0 Å². The molecule has 3 fully saturated rings. The molecule has 316 valence electrons. The predicted molar refractivity (Wildman–Crippen MR) is 194 cm³/mol. The summed E-state index contributed by atoms with van der Waals surface area (Å²) in [6.45, 7) is 16.6. The minimum atomic E-state index is -1.81. The van der Waals surface area contributed by atoms with Gasteiger partial charge in [0.25, 0.3) is 0 Å². The average molecular weight is 791 g/mol. The second-order valence-corrected chi connectivity index (χ2v) is 15.1. The Kier molecular flexibility index (Phi) is 17.6. The monoisotopic (exact) mass is 790 g/mol. The van der Waals surface area contributed by atoms with Crippen LogP contribution in [0.5, 0.6) is 0 Å². The lowest BCUT2D eigenvalue weighted by atomic mass is 9.96. The summed E-state index contributed by atoms with van der Waals surface area (Å²) in [7, 11) is 0. The SMILES string of the molecule is C=C[C@@](C)(CC/C=C(\C)C(=O)O[C@@H]1[C@@H](O)[C@@H](O)[C@H](O[C@H]2[C@H](O[C@@](C)(C=C)CCC=C(C)C)O[C@H](CO)[C@@H](O)[C@@H]2O)O[C@H]1C)O[C@@H]1O[C@H](CO)[C@@H](O)[C@H](O)[C@H]1O. The van der Waals surface area contributed by atoms with Crippen LogP contribution in [0.3, 0.4) is 0 Å². The molecule has 0 unspecified atom stereocenters. The Hall–Kier alpha value is -2.17. The van der Waals surface area contributed by atoms with E-state index < -0.39 is 123 Å². The van der Waals surface area contributed by atoms with E-state index in [-0.39, 0.29) is 18.4 Å². The van der Waals surface area contributed by atoms with Crippen molar-refractivity contribution in [2.75, 3.05) is 13.2 Å². The van der Waals surface area contributed by atoms with Crippen LogP contribution in [0.1, 0.15) is 67.2 Å². The Balaban J connectivity index is 1.65. The molecule has 0 bridgehead atoms. The van der Waals surface area contributed by atoms with Crippen molar-refractivity contribution in [1.82, 2.24) is 0 Å². The molecule has 0 amide bonds. The first-order valence-corrected chi connectivity index (χ1v) is 18.5. The first-order chi connectivity index (χ1) is 25.7. The molecule has 55 heavy (non-hydrogen) atoms. The maximum atomic E-state index is 13.1. The van der Waals surface area contributed by atoms with E-state index in [1.165, 1.54) is 26.0 Å². The van der Waals surface area contributed by atoms with Crippen LogP contribution in [0, 0.1) is 0 Å². The number of allylic oxidation sites excluding steroid dienone is 3. The Morgan fingerprint density at radius 1 is 0.655 bits per heavy atom. The van der Waals surface area contributed by atoms with E-state index in [4.69, 9.17) is 33.2 Å². The molecule has 0 saturated carbocycles. The summed E-state index contributed by atoms with van der Waals surface area (Å²) in [5, 5.41) is 93.7. The Morgan fingerprint density at radius 2 is 1.13 bits per heavy atom. The van der Waals surface area contributed by atoms with Gasteiger partial charge in [0.15, 0.2) is 25.0 Å². The van der Waals surface area contributed by atoms with Gasteiger partial charge in [-0.1, -0.05) is 29.9 Å². The van der Waals surface area contributed by atoms with Crippen LogP contribution in [-0.4, -0.2) is 168 Å². The number of carbonyl (C=O) groups is 1. The van der Waals surface area contributed by atoms with Crippen LogP contribution in [0.25, 0.3) is 0 Å². The van der Waals surface area contributed by atoms with Gasteiger partial charge in [0.2, 0.25) is 0 Å². The van der Waals surface area contributed by atoms with Gasteiger partial charge in [0.1, 0.15) is 61.0 Å². The van der Waals surface area contributed by atoms with Gasteiger partial charge in [-0.25, -0.2) is 4.79 Å². The zero-order chi connectivity index (χ0) is 41.4. The lowest BCUT2D eigenvalue weighted by Crippen LogP contribution is -2.65. The molecule has 0 aromatic rings. The summed E-state index contributed by atoms with van der Waals surface area (Å²) in [5.74, 6) is -0.833. The molecule has 3 saturated heterocycles. The summed E-state index contributed by atoms with van der Waals surface area (Å²) in [6, 6.07) is 0. The van der Waals surface area contributed by atoms with E-state index in [2.05, 4.69) is 13.2 Å². The van der Waals surface area contributed by atoms with E-state index in [9.17, 15) is 50.8 Å². The highest BCUT2D eigenvalue weighted by atomic mass is 16.8. The second kappa shape index (κ2) is 20.5. The highest BCUT2D eigenvalue weighted by Crippen LogP contribution is 2.34. The molecule has 9 N–H and O–H groups in total. The first-order valence-electron chi connectivity index (χ1n) is 18.5. The number of hydrogen-bond acceptors (Lipinski definition) is 17. The smallest absolute Gasteiger partial charge is 0.333 e. The van der Waals surface area contributed by atoms with E-state index in [1.54, 1.807) is 19.9 Å². The van der Waals surface area contributed by atoms with Gasteiger partial charge in [0, 0.05) is 5.57 Å². The lowest BCUT2D eigenvalue weighted by Gasteiger charge is -2.47. The molecule has 0 aromatic carbocycles. The predicted octanol–water partition coefficient (Wildman–Crippen LogP) is -0.616. The second-order valence-electron chi connectivity index (χ2n) is 15.1. The zero-order valence-electron chi connectivity index (χ0n) is 32.4. The van der Waals surface area contributed by atoms with Crippen molar-refractivity contribution in [1.29, 1.82) is 0 Å². The molecule has 0 aromatic heterocycles. The van der Waals surface area contributed by atoms with E-state index >= 15 is 0 Å². The third-order valence-corrected chi connectivity index (χ3v) is 10.2. The van der Waals surface area contributed by atoms with Crippen LogP contribution < -0.4 is 0 Å². The summed E-state index contributed by atoms with van der Waals surface area (Å²) in [5.41, 5.74) is -0.927. The molecular formula is C38H62O17. The first kappa shape index (κ1) is 47.2. The lowest BCUT2D eigenvalue weighted by molar-refractivity contribution is -0.373. The average Bonchev–Trinajstić information content (AvgIpc) is 3.14. The van der Waals surface area contributed by atoms with Crippen LogP contribution >= 0.6 is 0 Å². The number of rotatable bonds is 18. The molecular weight excluding hydrogens is 728 g/mol. The fraction of sp³-hybridized carbons (Fsp3) is 0.763. The number of aliphatic hydroxyl groups excluding tert-OH is 9. The normalized spacial score (nSPS) is 39.3. The molecule has 0 aliphatic carbocycles. The molecule has 17 atom stereocenters. The number of ether oxygens (including phenoxy) is 7. The number of aliphatic hydroxyl groups is 9. The van der Waals surface area contributed by atoms with Gasteiger partial charge >= 0.3 is 5.97 Å². The minimum absolute atomic E-state index is 0.135. The topological polar surface area (TPSA) is 264 Å². The number of esters is 1. The molecule has 3 aliphatic heterocycles.